The zero-order valence-electron chi connectivity index (χ0n) is 20.7. The monoisotopic (exact) mass is 534 g/mol. The molecule has 9 N–H and O–H groups in total. The number of carboxylic acids is 1. The number of carbonyl (C=O) groups is 5. The highest BCUT2D eigenvalue weighted by atomic mass is 32.1. The van der Waals surface area contributed by atoms with Crippen LogP contribution in [0.25, 0.3) is 10.9 Å². The molecule has 0 bridgehead atoms. The van der Waals surface area contributed by atoms with Gasteiger partial charge < -0.3 is 37.5 Å². The SMILES string of the molecule is CC(C)CC(NC(=O)C(N)CS)C(=O)NC(Cc1c[nH]c2ccccc12)C(=O)NC(CC(N)=O)C(=O)O. The van der Waals surface area contributed by atoms with E-state index in [1.807, 2.05) is 38.1 Å². The van der Waals surface area contributed by atoms with Gasteiger partial charge in [-0.3, -0.25) is 19.2 Å². The lowest BCUT2D eigenvalue weighted by atomic mass is 10.00. The molecule has 0 fully saturated rings. The minimum atomic E-state index is -1.58. The van der Waals surface area contributed by atoms with Crippen LogP contribution in [0.2, 0.25) is 0 Å². The largest absolute Gasteiger partial charge is 0.480 e. The van der Waals surface area contributed by atoms with Gasteiger partial charge in [0, 0.05) is 29.3 Å². The fourth-order valence-corrected chi connectivity index (χ4v) is 3.91. The summed E-state index contributed by atoms with van der Waals surface area (Å²) in [6.45, 7) is 3.73. The van der Waals surface area contributed by atoms with Crippen molar-refractivity contribution in [3.8, 4) is 0 Å². The number of fused-ring (bicyclic) bond motifs is 1. The Morgan fingerprint density at radius 1 is 0.973 bits per heavy atom. The molecule has 4 amide bonds. The number of nitrogens with two attached hydrogens (primary N) is 2. The molecule has 2 aromatic rings. The molecule has 0 saturated carbocycles. The summed E-state index contributed by atoms with van der Waals surface area (Å²) in [5, 5.41) is 17.7. The van der Waals surface area contributed by atoms with E-state index in [2.05, 4.69) is 33.6 Å². The Balaban J connectivity index is 2.34. The number of rotatable bonds is 14. The Hall–Kier alpha value is -3.58. The lowest BCUT2D eigenvalue weighted by molar-refractivity contribution is -0.143. The highest BCUT2D eigenvalue weighted by Crippen LogP contribution is 2.19. The molecule has 0 aliphatic rings. The second kappa shape index (κ2) is 13.7. The molecule has 0 aliphatic carbocycles. The molecule has 12 nitrogen and oxygen atoms in total. The van der Waals surface area contributed by atoms with E-state index in [0.717, 1.165) is 10.9 Å². The first-order valence-electron chi connectivity index (χ1n) is 11.8. The number of carboxylic acid groups (broad SMARTS) is 1. The van der Waals surface area contributed by atoms with E-state index in [4.69, 9.17) is 11.5 Å². The summed E-state index contributed by atoms with van der Waals surface area (Å²) in [5.41, 5.74) is 12.4. The van der Waals surface area contributed by atoms with E-state index in [9.17, 15) is 29.1 Å². The third-order valence-corrected chi connectivity index (χ3v) is 6.02. The normalized spacial score (nSPS) is 14.4. The average molecular weight is 535 g/mol. The number of aromatic amines is 1. The lowest BCUT2D eigenvalue weighted by Crippen LogP contribution is -2.58. The highest BCUT2D eigenvalue weighted by Gasteiger charge is 2.31. The number of benzene rings is 1. The molecular weight excluding hydrogens is 500 g/mol. The van der Waals surface area contributed by atoms with Gasteiger partial charge in [0.15, 0.2) is 0 Å². The zero-order valence-corrected chi connectivity index (χ0v) is 21.6. The maximum absolute atomic E-state index is 13.3. The van der Waals surface area contributed by atoms with Gasteiger partial charge in [0.2, 0.25) is 23.6 Å². The second-order valence-corrected chi connectivity index (χ2v) is 9.54. The molecule has 0 saturated heterocycles. The van der Waals surface area contributed by atoms with E-state index < -0.39 is 60.2 Å². The number of carbonyl (C=O) groups excluding carboxylic acids is 4. The van der Waals surface area contributed by atoms with Crippen LogP contribution in [-0.2, 0) is 30.4 Å². The van der Waals surface area contributed by atoms with Gasteiger partial charge in [0.05, 0.1) is 12.5 Å². The summed E-state index contributed by atoms with van der Waals surface area (Å²) in [5.74, 6) is -4.31. The van der Waals surface area contributed by atoms with Crippen molar-refractivity contribution in [2.45, 2.75) is 57.3 Å². The molecular formula is C24H34N6O6S. The molecule has 4 unspecified atom stereocenters. The van der Waals surface area contributed by atoms with Crippen LogP contribution in [0.4, 0.5) is 0 Å². The van der Waals surface area contributed by atoms with Crippen LogP contribution in [0.15, 0.2) is 30.5 Å². The Morgan fingerprint density at radius 3 is 2.16 bits per heavy atom. The van der Waals surface area contributed by atoms with E-state index in [0.29, 0.717) is 5.56 Å². The molecule has 0 radical (unpaired) electrons. The van der Waals surface area contributed by atoms with E-state index in [1.165, 1.54) is 0 Å². The number of hydrogen-bond donors (Lipinski definition) is 8. The summed E-state index contributed by atoms with van der Waals surface area (Å²) in [4.78, 5) is 64.8. The number of aromatic nitrogens is 1. The molecule has 0 spiro atoms. The van der Waals surface area contributed by atoms with Crippen molar-refractivity contribution in [1.29, 1.82) is 0 Å². The first-order valence-corrected chi connectivity index (χ1v) is 12.4. The van der Waals surface area contributed by atoms with Crippen molar-refractivity contribution in [3.63, 3.8) is 0 Å². The number of thiol groups is 1. The number of hydrogen-bond acceptors (Lipinski definition) is 7. The van der Waals surface area contributed by atoms with Gasteiger partial charge >= 0.3 is 5.97 Å². The molecule has 1 aromatic carbocycles. The molecule has 2 rings (SSSR count). The van der Waals surface area contributed by atoms with Crippen molar-refractivity contribution in [1.82, 2.24) is 20.9 Å². The quantitative estimate of drug-likeness (QED) is 0.148. The van der Waals surface area contributed by atoms with E-state index in [-0.39, 0.29) is 24.5 Å². The van der Waals surface area contributed by atoms with E-state index >= 15 is 0 Å². The second-order valence-electron chi connectivity index (χ2n) is 9.17. The van der Waals surface area contributed by atoms with Gasteiger partial charge in [0.1, 0.15) is 18.1 Å². The van der Waals surface area contributed by atoms with Crippen LogP contribution < -0.4 is 27.4 Å². The van der Waals surface area contributed by atoms with E-state index in [1.54, 1.807) is 6.20 Å². The summed E-state index contributed by atoms with van der Waals surface area (Å²) >= 11 is 4.01. The summed E-state index contributed by atoms with van der Waals surface area (Å²) in [6, 6.07) is 2.60. The molecule has 1 aromatic heterocycles. The van der Waals surface area contributed by atoms with Crippen molar-refractivity contribution in [3.05, 3.63) is 36.0 Å². The maximum atomic E-state index is 13.3. The summed E-state index contributed by atoms with van der Waals surface area (Å²) in [6.07, 6.45) is 1.33. The van der Waals surface area contributed by atoms with Crippen molar-refractivity contribution < 1.29 is 29.1 Å². The minimum absolute atomic E-state index is 0.00297. The topological polar surface area (TPSA) is 209 Å². The Labute approximate surface area is 219 Å². The fourth-order valence-electron chi connectivity index (χ4n) is 3.74. The van der Waals surface area contributed by atoms with Crippen molar-refractivity contribution in [2.24, 2.45) is 17.4 Å². The molecule has 37 heavy (non-hydrogen) atoms. The summed E-state index contributed by atoms with van der Waals surface area (Å²) < 4.78 is 0. The minimum Gasteiger partial charge on any atom is -0.480 e. The number of amides is 4. The van der Waals surface area contributed by atoms with Crippen LogP contribution in [0.1, 0.15) is 32.3 Å². The fraction of sp³-hybridized carbons (Fsp3) is 0.458. The molecule has 13 heteroatoms. The Bertz CT molecular complexity index is 1140. The number of para-hydroxylation sites is 1. The highest BCUT2D eigenvalue weighted by molar-refractivity contribution is 7.80. The first-order chi connectivity index (χ1) is 17.4. The zero-order chi connectivity index (χ0) is 27.7. The number of primary amides is 1. The van der Waals surface area contributed by atoms with Crippen LogP contribution in [-0.4, -0.2) is 69.6 Å². The third kappa shape index (κ3) is 8.79. The lowest BCUT2D eigenvalue weighted by Gasteiger charge is -2.26. The number of aliphatic carboxylic acids is 1. The van der Waals surface area contributed by atoms with Crippen LogP contribution in [0.3, 0.4) is 0 Å². The third-order valence-electron chi connectivity index (χ3n) is 5.63. The van der Waals surface area contributed by atoms with Gasteiger partial charge in [0.25, 0.3) is 0 Å². The summed E-state index contributed by atoms with van der Waals surface area (Å²) in [7, 11) is 0. The molecule has 1 heterocycles. The van der Waals surface area contributed by atoms with Gasteiger partial charge in [-0.2, -0.15) is 12.6 Å². The molecule has 0 aliphatic heterocycles. The molecule has 202 valence electrons. The van der Waals surface area contributed by atoms with Crippen LogP contribution >= 0.6 is 12.6 Å². The van der Waals surface area contributed by atoms with Crippen LogP contribution in [0.5, 0.6) is 0 Å². The smallest absolute Gasteiger partial charge is 0.326 e. The number of H-pyrrole nitrogens is 1. The Kier molecular flexibility index (Phi) is 10.9. The van der Waals surface area contributed by atoms with Gasteiger partial charge in [-0.1, -0.05) is 32.0 Å². The Morgan fingerprint density at radius 2 is 1.57 bits per heavy atom. The first kappa shape index (κ1) is 29.6. The van der Waals surface area contributed by atoms with Crippen molar-refractivity contribution in [2.75, 3.05) is 5.75 Å². The van der Waals surface area contributed by atoms with Crippen molar-refractivity contribution >= 4 is 53.1 Å². The van der Waals surface area contributed by atoms with Gasteiger partial charge in [-0.25, -0.2) is 4.79 Å². The predicted octanol–water partition coefficient (Wildman–Crippen LogP) is -0.572. The molecule has 4 atom stereocenters. The van der Waals surface area contributed by atoms with Gasteiger partial charge in [-0.15, -0.1) is 0 Å². The number of nitrogens with one attached hydrogen (secondary N) is 4. The predicted molar refractivity (Wildman–Crippen MR) is 141 cm³/mol. The standard InChI is InChI=1S/C24H34N6O6S/c1-12(2)7-17(28-21(32)15(25)11-37)22(33)29-18(23(34)30-19(24(35)36)9-20(26)31)8-13-10-27-16-6-4-3-5-14(13)16/h3-6,10,12,15,17-19,27,37H,7-9,11,25H2,1-2H3,(H2,26,31)(H,28,32)(H,29,33)(H,30,34)(H,35,36). The van der Waals surface area contributed by atoms with Gasteiger partial charge in [-0.05, 0) is 24.0 Å². The average Bonchev–Trinajstić information content (AvgIpc) is 3.24. The van der Waals surface area contributed by atoms with Crippen LogP contribution in [0, 0.1) is 5.92 Å². The maximum Gasteiger partial charge on any atom is 0.326 e.